The second kappa shape index (κ2) is 10.6. The molecule has 0 aliphatic carbocycles. The SMILES string of the molecule is O=C(O)CCCC(=O)N1N=C(c2c(-c3ccccc3)c3cc(Cl)ccc3[nH]c2=O)C[C@@H]1c1cccc(F)c1. The van der Waals surface area contributed by atoms with Crippen molar-refractivity contribution in [1.29, 1.82) is 0 Å². The van der Waals surface area contributed by atoms with Crippen molar-refractivity contribution in [2.75, 3.05) is 0 Å². The van der Waals surface area contributed by atoms with Gasteiger partial charge in [-0.1, -0.05) is 54.1 Å². The van der Waals surface area contributed by atoms with Crippen molar-refractivity contribution >= 4 is 40.1 Å². The molecule has 4 aromatic rings. The lowest BCUT2D eigenvalue weighted by Crippen LogP contribution is -2.27. The Kier molecular flexibility index (Phi) is 7.07. The number of aliphatic carboxylic acids is 1. The number of hydrogen-bond donors (Lipinski definition) is 2. The number of H-pyrrole nitrogens is 1. The van der Waals surface area contributed by atoms with Crippen LogP contribution in [0.25, 0.3) is 22.0 Å². The number of nitrogens with zero attached hydrogens (tertiary/aromatic N) is 2. The van der Waals surface area contributed by atoms with Crippen molar-refractivity contribution in [3.05, 3.63) is 105 Å². The minimum Gasteiger partial charge on any atom is -0.481 e. The predicted octanol–water partition coefficient (Wildman–Crippen LogP) is 5.92. The summed E-state index contributed by atoms with van der Waals surface area (Å²) < 4.78 is 14.1. The minimum absolute atomic E-state index is 0.0515. The quantitative estimate of drug-likeness (QED) is 0.309. The number of benzene rings is 3. The molecule has 1 aliphatic heterocycles. The number of halogens is 2. The maximum atomic E-state index is 14.1. The van der Waals surface area contributed by atoms with Gasteiger partial charge in [-0.3, -0.25) is 14.4 Å². The molecule has 1 atom stereocenters. The first-order valence-corrected chi connectivity index (χ1v) is 12.5. The number of carbonyl (C=O) groups is 2. The zero-order valence-corrected chi connectivity index (χ0v) is 20.9. The first-order chi connectivity index (χ1) is 18.3. The van der Waals surface area contributed by atoms with E-state index in [-0.39, 0.29) is 31.2 Å². The maximum absolute atomic E-state index is 14.1. The predicted molar refractivity (Wildman–Crippen MR) is 144 cm³/mol. The highest BCUT2D eigenvalue weighted by Gasteiger charge is 2.35. The summed E-state index contributed by atoms with van der Waals surface area (Å²) >= 11 is 6.33. The molecule has 38 heavy (non-hydrogen) atoms. The molecule has 9 heteroatoms. The van der Waals surface area contributed by atoms with Crippen molar-refractivity contribution < 1.29 is 19.1 Å². The van der Waals surface area contributed by atoms with Crippen LogP contribution in [0.5, 0.6) is 0 Å². The third kappa shape index (κ3) is 5.08. The number of carboxylic acid groups (broad SMARTS) is 1. The summed E-state index contributed by atoms with van der Waals surface area (Å²) in [4.78, 5) is 40.6. The van der Waals surface area contributed by atoms with E-state index in [9.17, 15) is 18.8 Å². The van der Waals surface area contributed by atoms with Gasteiger partial charge in [-0.05, 0) is 47.9 Å². The molecule has 0 saturated carbocycles. The van der Waals surface area contributed by atoms with Crippen molar-refractivity contribution in [1.82, 2.24) is 9.99 Å². The number of amides is 1. The van der Waals surface area contributed by atoms with Gasteiger partial charge < -0.3 is 10.1 Å². The summed E-state index contributed by atoms with van der Waals surface area (Å²) in [5.41, 5.74) is 2.82. The monoisotopic (exact) mass is 531 g/mol. The lowest BCUT2D eigenvalue weighted by molar-refractivity contribution is -0.137. The molecule has 1 aliphatic rings. The van der Waals surface area contributed by atoms with Gasteiger partial charge in [0.1, 0.15) is 5.82 Å². The Hall–Kier alpha value is -4.30. The highest BCUT2D eigenvalue weighted by Crippen LogP contribution is 2.38. The Balaban J connectivity index is 1.67. The molecule has 2 heterocycles. The molecule has 1 amide bonds. The lowest BCUT2D eigenvalue weighted by atomic mass is 9.91. The van der Waals surface area contributed by atoms with Crippen LogP contribution in [0, 0.1) is 5.82 Å². The molecule has 7 nitrogen and oxygen atoms in total. The van der Waals surface area contributed by atoms with Crippen LogP contribution in [0.15, 0.2) is 82.7 Å². The molecule has 0 bridgehead atoms. The van der Waals surface area contributed by atoms with E-state index in [0.717, 1.165) is 10.9 Å². The standard InChI is InChI=1S/C29H23ClFN3O4/c30-19-12-13-22-21(15-19)27(17-6-2-1-3-7-17)28(29(38)32-22)23-16-24(18-8-4-9-20(31)14-18)34(33-23)25(35)10-5-11-26(36)37/h1-4,6-9,12-15,24H,5,10-11,16H2,(H,32,38)(H,36,37)/t24-/m1/s1. The molecule has 192 valence electrons. The van der Waals surface area contributed by atoms with Gasteiger partial charge in [0.25, 0.3) is 5.56 Å². The van der Waals surface area contributed by atoms with Gasteiger partial charge in [0.2, 0.25) is 5.91 Å². The summed E-state index contributed by atoms with van der Waals surface area (Å²) in [7, 11) is 0. The lowest BCUT2D eigenvalue weighted by Gasteiger charge is -2.22. The van der Waals surface area contributed by atoms with Crippen molar-refractivity contribution in [2.24, 2.45) is 5.10 Å². The molecular weight excluding hydrogens is 509 g/mol. The number of aromatic nitrogens is 1. The minimum atomic E-state index is -1.00. The van der Waals surface area contributed by atoms with Crippen molar-refractivity contribution in [2.45, 2.75) is 31.7 Å². The number of pyridine rings is 1. The Morgan fingerprint density at radius 3 is 2.55 bits per heavy atom. The van der Waals surface area contributed by atoms with Gasteiger partial charge in [0.15, 0.2) is 0 Å². The van der Waals surface area contributed by atoms with Crippen LogP contribution in [-0.4, -0.2) is 32.7 Å². The van der Waals surface area contributed by atoms with Crippen LogP contribution in [-0.2, 0) is 9.59 Å². The first kappa shape index (κ1) is 25.4. The van der Waals surface area contributed by atoms with Crippen LogP contribution in [0.3, 0.4) is 0 Å². The Bertz CT molecular complexity index is 1630. The van der Waals surface area contributed by atoms with E-state index in [1.54, 1.807) is 30.3 Å². The number of rotatable bonds is 7. The zero-order chi connectivity index (χ0) is 26.8. The van der Waals surface area contributed by atoms with Gasteiger partial charge in [-0.2, -0.15) is 5.10 Å². The molecule has 0 radical (unpaired) electrons. The van der Waals surface area contributed by atoms with E-state index in [4.69, 9.17) is 16.7 Å². The third-order valence-electron chi connectivity index (χ3n) is 6.51. The second-order valence-electron chi connectivity index (χ2n) is 9.07. The summed E-state index contributed by atoms with van der Waals surface area (Å²) in [6.45, 7) is 0. The summed E-state index contributed by atoms with van der Waals surface area (Å²) in [6.07, 6.45) is 0.0903. The van der Waals surface area contributed by atoms with Gasteiger partial charge in [0.05, 0.1) is 17.3 Å². The normalized spacial score (nSPS) is 15.1. The van der Waals surface area contributed by atoms with Crippen LogP contribution < -0.4 is 5.56 Å². The fourth-order valence-electron chi connectivity index (χ4n) is 4.82. The van der Waals surface area contributed by atoms with Gasteiger partial charge in [-0.25, -0.2) is 9.40 Å². The molecule has 0 saturated heterocycles. The number of hydrazone groups is 1. The number of hydrogen-bond acceptors (Lipinski definition) is 4. The van der Waals surface area contributed by atoms with Crippen LogP contribution >= 0.6 is 11.6 Å². The number of carboxylic acids is 1. The molecule has 5 rings (SSSR count). The average molecular weight is 532 g/mol. The molecule has 0 spiro atoms. The smallest absolute Gasteiger partial charge is 0.303 e. The number of fused-ring (bicyclic) bond motifs is 1. The van der Waals surface area contributed by atoms with Crippen LogP contribution in [0.1, 0.15) is 42.9 Å². The number of carbonyl (C=O) groups excluding carboxylic acids is 1. The van der Waals surface area contributed by atoms with E-state index in [0.29, 0.717) is 32.9 Å². The molecule has 1 aromatic heterocycles. The number of aromatic amines is 1. The maximum Gasteiger partial charge on any atom is 0.303 e. The first-order valence-electron chi connectivity index (χ1n) is 12.1. The topological polar surface area (TPSA) is 103 Å². The van der Waals surface area contributed by atoms with Crippen molar-refractivity contribution in [3.8, 4) is 11.1 Å². The average Bonchev–Trinajstić information content (AvgIpc) is 3.34. The highest BCUT2D eigenvalue weighted by molar-refractivity contribution is 6.31. The third-order valence-corrected chi connectivity index (χ3v) is 6.74. The van der Waals surface area contributed by atoms with Gasteiger partial charge in [0, 0.05) is 40.8 Å². The van der Waals surface area contributed by atoms with Crippen LogP contribution in [0.2, 0.25) is 5.02 Å². The van der Waals surface area contributed by atoms with Crippen molar-refractivity contribution in [3.63, 3.8) is 0 Å². The highest BCUT2D eigenvalue weighted by atomic mass is 35.5. The Morgan fingerprint density at radius 1 is 1.03 bits per heavy atom. The second-order valence-corrected chi connectivity index (χ2v) is 9.50. The number of nitrogens with one attached hydrogen (secondary N) is 1. The molecule has 3 aromatic carbocycles. The Labute approximate surface area is 222 Å². The van der Waals surface area contributed by atoms with E-state index in [1.165, 1.54) is 17.1 Å². The zero-order valence-electron chi connectivity index (χ0n) is 20.2. The van der Waals surface area contributed by atoms with Gasteiger partial charge >= 0.3 is 5.97 Å². The largest absolute Gasteiger partial charge is 0.481 e. The van der Waals surface area contributed by atoms with E-state index >= 15 is 0 Å². The van der Waals surface area contributed by atoms with E-state index < -0.39 is 23.7 Å². The van der Waals surface area contributed by atoms with Crippen LogP contribution in [0.4, 0.5) is 4.39 Å². The fourth-order valence-corrected chi connectivity index (χ4v) is 4.99. The summed E-state index contributed by atoms with van der Waals surface area (Å²) in [5, 5.41) is 16.0. The fraction of sp³-hybridized carbons (Fsp3) is 0.172. The summed E-state index contributed by atoms with van der Waals surface area (Å²) in [6, 6.07) is 19.8. The molecule has 0 unspecified atom stereocenters. The van der Waals surface area contributed by atoms with E-state index in [2.05, 4.69) is 10.1 Å². The van der Waals surface area contributed by atoms with E-state index in [1.807, 2.05) is 30.3 Å². The molecule has 0 fully saturated rings. The molecule has 2 N–H and O–H groups in total. The Morgan fingerprint density at radius 2 is 1.82 bits per heavy atom. The molecular formula is C29H23ClFN3O4. The van der Waals surface area contributed by atoms with Gasteiger partial charge in [-0.15, -0.1) is 0 Å². The summed E-state index contributed by atoms with van der Waals surface area (Å²) in [5.74, 6) is -1.87.